The number of hydrogen-bond acceptors (Lipinski definition) is 3. The second-order valence-corrected chi connectivity index (χ2v) is 7.35. The monoisotopic (exact) mass is 296 g/mol. The summed E-state index contributed by atoms with van der Waals surface area (Å²) in [6.45, 7) is 3.05. The van der Waals surface area contributed by atoms with Crippen LogP contribution in [0.25, 0.3) is 0 Å². The van der Waals surface area contributed by atoms with E-state index >= 15 is 0 Å². The van der Waals surface area contributed by atoms with Gasteiger partial charge in [-0.05, 0) is 43.5 Å². The lowest BCUT2D eigenvalue weighted by Gasteiger charge is -2.25. The van der Waals surface area contributed by atoms with Crippen LogP contribution in [0.1, 0.15) is 36.8 Å². The van der Waals surface area contributed by atoms with Crippen molar-refractivity contribution in [3.8, 4) is 0 Å². The second-order valence-electron chi connectivity index (χ2n) is 5.61. The van der Waals surface area contributed by atoms with E-state index < -0.39 is 10.0 Å². The van der Waals surface area contributed by atoms with E-state index in [9.17, 15) is 8.42 Å². The minimum atomic E-state index is -3.39. The predicted octanol–water partition coefficient (Wildman–Crippen LogP) is 2.18. The highest BCUT2D eigenvalue weighted by Crippen LogP contribution is 2.29. The van der Waals surface area contributed by atoms with E-state index in [1.54, 1.807) is 6.07 Å². The zero-order chi connectivity index (χ0) is 14.6. The molecule has 2 rings (SSSR count). The first kappa shape index (κ1) is 15.5. The number of benzene rings is 1. The molecule has 0 saturated heterocycles. The summed E-state index contributed by atoms with van der Waals surface area (Å²) >= 11 is 0. The van der Waals surface area contributed by atoms with Gasteiger partial charge in [-0.25, -0.2) is 13.1 Å². The quantitative estimate of drug-likeness (QED) is 0.811. The van der Waals surface area contributed by atoms with Gasteiger partial charge in [-0.1, -0.05) is 31.4 Å². The SMILES string of the molecule is CNCc1ccc(C)c(S(=O)(=O)NCCC2CCC2)c1. The summed E-state index contributed by atoms with van der Waals surface area (Å²) in [7, 11) is -1.54. The van der Waals surface area contributed by atoms with Crippen molar-refractivity contribution < 1.29 is 8.42 Å². The summed E-state index contributed by atoms with van der Waals surface area (Å²) in [5, 5.41) is 3.04. The van der Waals surface area contributed by atoms with Gasteiger partial charge in [0.05, 0.1) is 4.90 Å². The van der Waals surface area contributed by atoms with E-state index in [-0.39, 0.29) is 0 Å². The fourth-order valence-electron chi connectivity index (χ4n) is 2.50. The third-order valence-electron chi connectivity index (χ3n) is 3.99. The molecule has 0 amide bonds. The number of nitrogens with one attached hydrogen (secondary N) is 2. The average Bonchev–Trinajstić information content (AvgIpc) is 2.35. The summed E-state index contributed by atoms with van der Waals surface area (Å²) in [4.78, 5) is 0.402. The van der Waals surface area contributed by atoms with E-state index in [0.717, 1.165) is 23.5 Å². The summed E-state index contributed by atoms with van der Waals surface area (Å²) in [6.07, 6.45) is 4.74. The summed E-state index contributed by atoms with van der Waals surface area (Å²) in [5.41, 5.74) is 1.78. The molecule has 1 aliphatic rings. The average molecular weight is 296 g/mol. The second kappa shape index (κ2) is 6.70. The van der Waals surface area contributed by atoms with Gasteiger partial charge in [0.1, 0.15) is 0 Å². The molecule has 1 fully saturated rings. The van der Waals surface area contributed by atoms with Crippen molar-refractivity contribution in [1.29, 1.82) is 0 Å². The Morgan fingerprint density at radius 1 is 1.30 bits per heavy atom. The maximum atomic E-state index is 12.4. The molecule has 20 heavy (non-hydrogen) atoms. The van der Waals surface area contributed by atoms with Crippen LogP contribution < -0.4 is 10.0 Å². The topological polar surface area (TPSA) is 58.2 Å². The molecule has 0 spiro atoms. The first-order valence-electron chi connectivity index (χ1n) is 7.27. The van der Waals surface area contributed by atoms with Crippen molar-refractivity contribution >= 4 is 10.0 Å². The molecule has 1 aliphatic carbocycles. The minimum Gasteiger partial charge on any atom is -0.316 e. The largest absolute Gasteiger partial charge is 0.316 e. The van der Waals surface area contributed by atoms with Gasteiger partial charge in [0.2, 0.25) is 10.0 Å². The highest BCUT2D eigenvalue weighted by molar-refractivity contribution is 7.89. The van der Waals surface area contributed by atoms with Crippen LogP contribution in [0.5, 0.6) is 0 Å². The molecular weight excluding hydrogens is 272 g/mol. The molecule has 0 aromatic heterocycles. The molecule has 2 N–H and O–H groups in total. The van der Waals surface area contributed by atoms with Gasteiger partial charge in [-0.3, -0.25) is 0 Å². The summed E-state index contributed by atoms with van der Waals surface area (Å²) in [6, 6.07) is 5.59. The Balaban J connectivity index is 2.04. The molecule has 5 heteroatoms. The van der Waals surface area contributed by atoms with E-state index in [0.29, 0.717) is 18.0 Å². The summed E-state index contributed by atoms with van der Waals surface area (Å²) in [5.74, 6) is 0.717. The molecule has 0 atom stereocenters. The van der Waals surface area contributed by atoms with Crippen LogP contribution in [-0.4, -0.2) is 22.0 Å². The fourth-order valence-corrected chi connectivity index (χ4v) is 3.85. The standard InChI is InChI=1S/C15H24N2O2S/c1-12-6-7-14(11-16-2)10-15(12)20(18,19)17-9-8-13-4-3-5-13/h6-7,10,13,16-17H,3-5,8-9,11H2,1-2H3. The lowest BCUT2D eigenvalue weighted by Crippen LogP contribution is -2.28. The molecule has 112 valence electrons. The lowest BCUT2D eigenvalue weighted by molar-refractivity contribution is 0.297. The maximum absolute atomic E-state index is 12.4. The smallest absolute Gasteiger partial charge is 0.240 e. The van der Waals surface area contributed by atoms with Crippen molar-refractivity contribution in [2.24, 2.45) is 5.92 Å². The Labute approximate surface area is 122 Å². The third kappa shape index (κ3) is 3.81. The van der Waals surface area contributed by atoms with Crippen LogP contribution in [0, 0.1) is 12.8 Å². The molecule has 0 aliphatic heterocycles. The lowest BCUT2D eigenvalue weighted by atomic mass is 9.83. The molecule has 1 saturated carbocycles. The zero-order valence-electron chi connectivity index (χ0n) is 12.3. The summed E-state index contributed by atoms with van der Waals surface area (Å²) < 4.78 is 27.5. The molecule has 1 aromatic rings. The van der Waals surface area contributed by atoms with Gasteiger partial charge in [-0.15, -0.1) is 0 Å². The van der Waals surface area contributed by atoms with Gasteiger partial charge < -0.3 is 5.32 Å². The van der Waals surface area contributed by atoms with Crippen LogP contribution in [0.4, 0.5) is 0 Å². The van der Waals surface area contributed by atoms with Gasteiger partial charge >= 0.3 is 0 Å². The Morgan fingerprint density at radius 2 is 2.05 bits per heavy atom. The van der Waals surface area contributed by atoms with E-state index in [1.165, 1.54) is 19.3 Å². The Kier molecular flexibility index (Phi) is 5.18. The molecule has 4 nitrogen and oxygen atoms in total. The minimum absolute atomic E-state index is 0.402. The molecule has 1 aromatic carbocycles. The molecular formula is C15H24N2O2S. The van der Waals surface area contributed by atoms with E-state index in [4.69, 9.17) is 0 Å². The third-order valence-corrected chi connectivity index (χ3v) is 5.60. The zero-order valence-corrected chi connectivity index (χ0v) is 13.1. The fraction of sp³-hybridized carbons (Fsp3) is 0.600. The Hall–Kier alpha value is -0.910. The Morgan fingerprint density at radius 3 is 2.65 bits per heavy atom. The first-order valence-corrected chi connectivity index (χ1v) is 8.75. The molecule has 0 bridgehead atoms. The number of rotatable bonds is 7. The molecule has 0 radical (unpaired) electrons. The van der Waals surface area contributed by atoms with Gasteiger partial charge in [-0.2, -0.15) is 0 Å². The number of hydrogen-bond donors (Lipinski definition) is 2. The molecule has 0 unspecified atom stereocenters. The van der Waals surface area contributed by atoms with Crippen molar-refractivity contribution in [3.05, 3.63) is 29.3 Å². The number of aryl methyl sites for hydroxylation is 1. The predicted molar refractivity (Wildman–Crippen MR) is 81.1 cm³/mol. The van der Waals surface area contributed by atoms with Crippen LogP contribution in [0.2, 0.25) is 0 Å². The first-order chi connectivity index (χ1) is 9.53. The molecule has 0 heterocycles. The van der Waals surface area contributed by atoms with E-state index in [2.05, 4.69) is 10.0 Å². The maximum Gasteiger partial charge on any atom is 0.240 e. The van der Waals surface area contributed by atoms with Crippen LogP contribution in [-0.2, 0) is 16.6 Å². The normalized spacial score (nSPS) is 16.1. The van der Waals surface area contributed by atoms with Gasteiger partial charge in [0.25, 0.3) is 0 Å². The van der Waals surface area contributed by atoms with Crippen molar-refractivity contribution in [1.82, 2.24) is 10.0 Å². The highest BCUT2D eigenvalue weighted by Gasteiger charge is 2.20. The van der Waals surface area contributed by atoms with Gasteiger partial charge in [0, 0.05) is 13.1 Å². The highest BCUT2D eigenvalue weighted by atomic mass is 32.2. The van der Waals surface area contributed by atoms with Gasteiger partial charge in [0.15, 0.2) is 0 Å². The number of sulfonamides is 1. The van der Waals surface area contributed by atoms with Crippen LogP contribution in [0.15, 0.2) is 23.1 Å². The van der Waals surface area contributed by atoms with Crippen molar-refractivity contribution in [2.75, 3.05) is 13.6 Å². The Bertz CT molecular complexity index is 551. The van der Waals surface area contributed by atoms with Crippen LogP contribution in [0.3, 0.4) is 0 Å². The van der Waals surface area contributed by atoms with Crippen LogP contribution >= 0.6 is 0 Å². The van der Waals surface area contributed by atoms with Crippen molar-refractivity contribution in [3.63, 3.8) is 0 Å². The van der Waals surface area contributed by atoms with Crippen molar-refractivity contribution in [2.45, 2.75) is 44.0 Å². The van der Waals surface area contributed by atoms with E-state index in [1.807, 2.05) is 26.1 Å².